The molecule has 2 N–H and O–H groups in total. The van der Waals surface area contributed by atoms with Crippen LogP contribution in [0.4, 0.5) is 0 Å². The molecule has 6 heteroatoms. The van der Waals surface area contributed by atoms with E-state index in [0.717, 1.165) is 36.3 Å². The quantitative estimate of drug-likeness (QED) is 0.808. The molecule has 4 nitrogen and oxygen atoms in total. The number of hydrogen-bond donors (Lipinski definition) is 2. The van der Waals surface area contributed by atoms with E-state index in [0.29, 0.717) is 0 Å². The molecule has 1 unspecified atom stereocenters. The summed E-state index contributed by atoms with van der Waals surface area (Å²) in [5.41, 5.74) is 1.06. The fraction of sp³-hybridized carbons (Fsp3) is 0.667. The second-order valence-electron chi connectivity index (χ2n) is 4.36. The summed E-state index contributed by atoms with van der Waals surface area (Å²) in [6.07, 6.45) is 8.18. The van der Waals surface area contributed by atoms with Crippen molar-refractivity contribution in [1.82, 2.24) is 20.6 Å². The van der Waals surface area contributed by atoms with Gasteiger partial charge < -0.3 is 10.6 Å². The molecule has 1 aromatic heterocycles. The summed E-state index contributed by atoms with van der Waals surface area (Å²) < 4.78 is 0. The Balaban J connectivity index is 0.00000162. The summed E-state index contributed by atoms with van der Waals surface area (Å²) in [6, 6.07) is 0. The molecule has 1 saturated heterocycles. The van der Waals surface area contributed by atoms with Crippen LogP contribution >= 0.6 is 24.2 Å². The van der Waals surface area contributed by atoms with Gasteiger partial charge in [0.1, 0.15) is 5.03 Å². The zero-order chi connectivity index (χ0) is 11.9. The van der Waals surface area contributed by atoms with Gasteiger partial charge in [0.2, 0.25) is 0 Å². The van der Waals surface area contributed by atoms with E-state index in [1.54, 1.807) is 24.2 Å². The van der Waals surface area contributed by atoms with Gasteiger partial charge in [-0.25, -0.2) is 4.98 Å². The second kappa shape index (κ2) is 8.69. The van der Waals surface area contributed by atoms with E-state index in [1.165, 1.54) is 19.4 Å². The molecule has 1 atom stereocenters. The van der Waals surface area contributed by atoms with Crippen molar-refractivity contribution in [3.63, 3.8) is 0 Å². The van der Waals surface area contributed by atoms with Crippen molar-refractivity contribution >= 4 is 24.2 Å². The van der Waals surface area contributed by atoms with E-state index in [2.05, 4.69) is 20.6 Å². The van der Waals surface area contributed by atoms with Crippen LogP contribution in [-0.4, -0.2) is 35.9 Å². The first-order valence-corrected chi connectivity index (χ1v) is 7.38. The Morgan fingerprint density at radius 2 is 2.28 bits per heavy atom. The van der Waals surface area contributed by atoms with Crippen LogP contribution in [-0.2, 0) is 6.54 Å². The average molecular weight is 289 g/mol. The minimum absolute atomic E-state index is 0. The van der Waals surface area contributed by atoms with Crippen LogP contribution in [0.25, 0.3) is 0 Å². The zero-order valence-electron chi connectivity index (χ0n) is 10.7. The minimum atomic E-state index is 0. The normalized spacial score (nSPS) is 19.3. The monoisotopic (exact) mass is 288 g/mol. The standard InChI is InChI=1S/C12H20N4S.ClH/c1-17-12-11(15-5-6-16-12)9-14-8-10-3-2-4-13-7-10;/h5-6,10,13-14H,2-4,7-9H2,1H3;1H. The maximum absolute atomic E-state index is 4.37. The Hall–Kier alpha value is -0.360. The second-order valence-corrected chi connectivity index (χ2v) is 5.15. The lowest BCUT2D eigenvalue weighted by atomic mass is 10.00. The first kappa shape index (κ1) is 15.7. The third-order valence-electron chi connectivity index (χ3n) is 3.05. The topological polar surface area (TPSA) is 49.8 Å². The smallest absolute Gasteiger partial charge is 0.119 e. The maximum atomic E-state index is 4.37. The Bertz CT molecular complexity index is 345. The predicted molar refractivity (Wildman–Crippen MR) is 78.4 cm³/mol. The molecule has 0 aromatic carbocycles. The van der Waals surface area contributed by atoms with Crippen molar-refractivity contribution in [2.75, 3.05) is 25.9 Å². The third kappa shape index (κ3) is 4.72. The van der Waals surface area contributed by atoms with E-state index in [9.17, 15) is 0 Å². The fourth-order valence-corrected chi connectivity index (χ4v) is 2.67. The van der Waals surface area contributed by atoms with Crippen molar-refractivity contribution in [2.45, 2.75) is 24.4 Å². The Kier molecular flexibility index (Phi) is 7.58. The first-order valence-electron chi connectivity index (χ1n) is 6.15. The van der Waals surface area contributed by atoms with Gasteiger partial charge in [-0.05, 0) is 44.6 Å². The van der Waals surface area contributed by atoms with Crippen LogP contribution in [0, 0.1) is 5.92 Å². The number of halogens is 1. The van der Waals surface area contributed by atoms with Crippen LogP contribution in [0.5, 0.6) is 0 Å². The molecule has 2 heterocycles. The lowest BCUT2D eigenvalue weighted by Gasteiger charge is -2.22. The van der Waals surface area contributed by atoms with Crippen molar-refractivity contribution < 1.29 is 0 Å². The highest BCUT2D eigenvalue weighted by Gasteiger charge is 2.12. The van der Waals surface area contributed by atoms with Crippen LogP contribution in [0.15, 0.2) is 17.4 Å². The number of piperidine rings is 1. The number of rotatable bonds is 5. The van der Waals surface area contributed by atoms with E-state index < -0.39 is 0 Å². The summed E-state index contributed by atoms with van der Waals surface area (Å²) >= 11 is 1.66. The first-order chi connectivity index (χ1) is 8.40. The van der Waals surface area contributed by atoms with Crippen molar-refractivity contribution in [3.8, 4) is 0 Å². The molecule has 0 aliphatic carbocycles. The average Bonchev–Trinajstić information content (AvgIpc) is 2.40. The van der Waals surface area contributed by atoms with E-state index in [-0.39, 0.29) is 12.4 Å². The number of nitrogens with zero attached hydrogens (tertiary/aromatic N) is 2. The lowest BCUT2D eigenvalue weighted by Crippen LogP contribution is -2.36. The molecule has 102 valence electrons. The lowest BCUT2D eigenvalue weighted by molar-refractivity contribution is 0.359. The number of aromatic nitrogens is 2. The third-order valence-corrected chi connectivity index (χ3v) is 3.78. The van der Waals surface area contributed by atoms with Gasteiger partial charge in [0.25, 0.3) is 0 Å². The van der Waals surface area contributed by atoms with Gasteiger partial charge in [-0.2, -0.15) is 0 Å². The summed E-state index contributed by atoms with van der Waals surface area (Å²) in [7, 11) is 0. The predicted octanol–water partition coefficient (Wildman–Crippen LogP) is 1.71. The number of nitrogens with one attached hydrogen (secondary N) is 2. The Morgan fingerprint density at radius 1 is 1.44 bits per heavy atom. The van der Waals surface area contributed by atoms with Gasteiger partial charge in [0, 0.05) is 18.9 Å². The number of thioether (sulfide) groups is 1. The van der Waals surface area contributed by atoms with E-state index >= 15 is 0 Å². The maximum Gasteiger partial charge on any atom is 0.119 e. The van der Waals surface area contributed by atoms with Crippen LogP contribution in [0.3, 0.4) is 0 Å². The molecular weight excluding hydrogens is 268 g/mol. The van der Waals surface area contributed by atoms with Crippen LogP contribution in [0.2, 0.25) is 0 Å². The summed E-state index contributed by atoms with van der Waals surface area (Å²) in [4.78, 5) is 8.68. The zero-order valence-corrected chi connectivity index (χ0v) is 12.3. The molecule has 1 fully saturated rings. The SMILES string of the molecule is CSc1nccnc1CNCC1CCCNC1.Cl. The van der Waals surface area contributed by atoms with E-state index in [4.69, 9.17) is 0 Å². The van der Waals surface area contributed by atoms with Crippen molar-refractivity contribution in [2.24, 2.45) is 5.92 Å². The minimum Gasteiger partial charge on any atom is -0.316 e. The van der Waals surface area contributed by atoms with Crippen LogP contribution in [0.1, 0.15) is 18.5 Å². The molecule has 1 aromatic rings. The fourth-order valence-electron chi connectivity index (χ4n) is 2.14. The van der Waals surface area contributed by atoms with E-state index in [1.807, 2.05) is 6.26 Å². The molecule has 2 rings (SSSR count). The Morgan fingerprint density at radius 3 is 3.00 bits per heavy atom. The molecule has 18 heavy (non-hydrogen) atoms. The highest BCUT2D eigenvalue weighted by atomic mass is 35.5. The molecule has 0 radical (unpaired) electrons. The largest absolute Gasteiger partial charge is 0.316 e. The molecule has 1 aliphatic heterocycles. The van der Waals surface area contributed by atoms with Crippen molar-refractivity contribution in [1.29, 1.82) is 0 Å². The van der Waals surface area contributed by atoms with Gasteiger partial charge in [0.05, 0.1) is 5.69 Å². The molecule has 0 spiro atoms. The summed E-state index contributed by atoms with van der Waals surface area (Å²) in [5, 5.41) is 7.95. The highest BCUT2D eigenvalue weighted by molar-refractivity contribution is 7.98. The van der Waals surface area contributed by atoms with Gasteiger partial charge in [-0.1, -0.05) is 0 Å². The molecular formula is C12H21ClN4S. The van der Waals surface area contributed by atoms with Gasteiger partial charge in [-0.3, -0.25) is 4.98 Å². The summed E-state index contributed by atoms with van der Waals surface area (Å²) in [5.74, 6) is 0.762. The van der Waals surface area contributed by atoms with Gasteiger partial charge in [0.15, 0.2) is 0 Å². The number of hydrogen-bond acceptors (Lipinski definition) is 5. The summed E-state index contributed by atoms with van der Waals surface area (Å²) in [6.45, 7) is 4.21. The van der Waals surface area contributed by atoms with Crippen LogP contribution < -0.4 is 10.6 Å². The van der Waals surface area contributed by atoms with Crippen molar-refractivity contribution in [3.05, 3.63) is 18.1 Å². The Labute approximate surface area is 119 Å². The molecule has 0 amide bonds. The van der Waals surface area contributed by atoms with Gasteiger partial charge >= 0.3 is 0 Å². The molecule has 0 saturated carbocycles. The highest BCUT2D eigenvalue weighted by Crippen LogP contribution is 2.14. The van der Waals surface area contributed by atoms with Gasteiger partial charge in [-0.15, -0.1) is 24.2 Å². The molecule has 1 aliphatic rings. The molecule has 0 bridgehead atoms.